The van der Waals surface area contributed by atoms with Crippen molar-refractivity contribution in [3.63, 3.8) is 0 Å². The van der Waals surface area contributed by atoms with Gasteiger partial charge in [0.1, 0.15) is 6.10 Å². The summed E-state index contributed by atoms with van der Waals surface area (Å²) in [7, 11) is 1.65. The minimum Gasteiger partial charge on any atom is -0.466 e. The summed E-state index contributed by atoms with van der Waals surface area (Å²) in [6.07, 6.45) is 1.57. The highest BCUT2D eigenvalue weighted by Gasteiger charge is 2.16. The lowest BCUT2D eigenvalue weighted by Crippen LogP contribution is -2.24. The Morgan fingerprint density at radius 3 is 2.04 bits per heavy atom. The minimum atomic E-state index is -0.277. The van der Waals surface area contributed by atoms with E-state index < -0.39 is 0 Å². The van der Waals surface area contributed by atoms with Crippen LogP contribution in [-0.2, 0) is 33.3 Å². The van der Waals surface area contributed by atoms with Crippen molar-refractivity contribution < 1.29 is 33.3 Å². The summed E-state index contributed by atoms with van der Waals surface area (Å²) in [6, 6.07) is 0. The highest BCUT2D eigenvalue weighted by atomic mass is 16.6. The summed E-state index contributed by atoms with van der Waals surface area (Å²) in [6.45, 7) is 14.7. The molecule has 0 N–H and O–H groups in total. The molecular weight excluding hydrogens is 340 g/mol. The van der Waals surface area contributed by atoms with Crippen LogP contribution in [0.4, 0.5) is 0 Å². The second-order valence-electron chi connectivity index (χ2n) is 6.69. The molecule has 7 nitrogen and oxygen atoms in total. The Hall–Kier alpha value is -1.18. The lowest BCUT2D eigenvalue weighted by atomic mass is 10.1. The summed E-state index contributed by atoms with van der Waals surface area (Å²) >= 11 is 0. The molecule has 0 aromatic carbocycles. The zero-order valence-corrected chi connectivity index (χ0v) is 17.8. The molecule has 0 fully saturated rings. The molecule has 0 amide bonds. The monoisotopic (exact) mass is 378 g/mol. The summed E-state index contributed by atoms with van der Waals surface area (Å²) in [5, 5.41) is 0. The van der Waals surface area contributed by atoms with Crippen LogP contribution in [0.2, 0.25) is 0 Å². The van der Waals surface area contributed by atoms with Gasteiger partial charge in [0.15, 0.2) is 0 Å². The molecule has 156 valence electrons. The average Bonchev–Trinajstić information content (AvgIpc) is 2.52. The van der Waals surface area contributed by atoms with Crippen LogP contribution in [0.3, 0.4) is 0 Å². The molecule has 0 heterocycles. The first-order valence-electron chi connectivity index (χ1n) is 9.09. The number of rotatable bonds is 12. The molecule has 0 bridgehead atoms. The molecule has 0 aliphatic heterocycles. The van der Waals surface area contributed by atoms with Gasteiger partial charge in [-0.1, -0.05) is 6.92 Å². The molecular formula is C19H38O7. The van der Waals surface area contributed by atoms with Crippen molar-refractivity contribution in [2.24, 2.45) is 0 Å². The van der Waals surface area contributed by atoms with Crippen molar-refractivity contribution in [1.29, 1.82) is 0 Å². The first-order valence-corrected chi connectivity index (χ1v) is 9.09. The number of carbonyl (C=O) groups excluding carboxylic acids is 2. The van der Waals surface area contributed by atoms with Crippen molar-refractivity contribution in [3.8, 4) is 0 Å². The Balaban J connectivity index is 0. The predicted molar refractivity (Wildman–Crippen MR) is 100 cm³/mol. The van der Waals surface area contributed by atoms with Gasteiger partial charge in [-0.25, -0.2) is 0 Å². The molecule has 26 heavy (non-hydrogen) atoms. The first-order chi connectivity index (χ1) is 12.0. The van der Waals surface area contributed by atoms with Crippen LogP contribution >= 0.6 is 0 Å². The second kappa shape index (κ2) is 16.0. The van der Waals surface area contributed by atoms with Crippen LogP contribution in [0.5, 0.6) is 0 Å². The number of ether oxygens (including phenoxy) is 5. The first kappa shape index (κ1) is 27.0. The largest absolute Gasteiger partial charge is 0.466 e. The van der Waals surface area contributed by atoms with E-state index in [4.69, 9.17) is 23.7 Å². The quantitative estimate of drug-likeness (QED) is 0.381. The highest BCUT2D eigenvalue weighted by molar-refractivity contribution is 5.66. The van der Waals surface area contributed by atoms with E-state index in [9.17, 15) is 9.59 Å². The lowest BCUT2D eigenvalue weighted by Gasteiger charge is -2.21. The maximum atomic E-state index is 10.6. The third-order valence-electron chi connectivity index (χ3n) is 3.25. The van der Waals surface area contributed by atoms with Crippen molar-refractivity contribution in [1.82, 2.24) is 0 Å². The van der Waals surface area contributed by atoms with Crippen LogP contribution in [0.25, 0.3) is 0 Å². The van der Waals surface area contributed by atoms with Crippen LogP contribution in [-0.4, -0.2) is 63.3 Å². The van der Waals surface area contributed by atoms with E-state index in [0.29, 0.717) is 19.8 Å². The van der Waals surface area contributed by atoms with Gasteiger partial charge in [-0.3, -0.25) is 9.59 Å². The third kappa shape index (κ3) is 20.9. The van der Waals surface area contributed by atoms with Crippen molar-refractivity contribution in [3.05, 3.63) is 0 Å². The van der Waals surface area contributed by atoms with Gasteiger partial charge in [-0.05, 0) is 34.1 Å². The van der Waals surface area contributed by atoms with Gasteiger partial charge in [0.05, 0.1) is 31.5 Å². The van der Waals surface area contributed by atoms with Crippen LogP contribution in [0, 0.1) is 0 Å². The number of methoxy groups -OCH3 is 1. The van der Waals surface area contributed by atoms with Gasteiger partial charge in [-0.2, -0.15) is 0 Å². The van der Waals surface area contributed by atoms with Gasteiger partial charge in [0.25, 0.3) is 0 Å². The highest BCUT2D eigenvalue weighted by Crippen LogP contribution is 2.12. The maximum Gasteiger partial charge on any atom is 0.302 e. The zero-order valence-electron chi connectivity index (χ0n) is 17.8. The molecule has 0 saturated carbocycles. The van der Waals surface area contributed by atoms with E-state index in [-0.39, 0.29) is 29.7 Å². The Morgan fingerprint density at radius 2 is 1.58 bits per heavy atom. The standard InChI is InChI=1S/C11H22O4.C8H16O3/c1-5-6-13-7-9(2)14-8-10(3)15-11(4)12;1-7(9)11-6-5-8(2,3)10-4/h9-10H,5-8H2,1-4H3;5-6H2,1-4H3. The molecule has 0 aliphatic carbocycles. The minimum absolute atomic E-state index is 0.0366. The Morgan fingerprint density at radius 1 is 0.962 bits per heavy atom. The van der Waals surface area contributed by atoms with E-state index in [1.165, 1.54) is 13.8 Å². The molecule has 0 rings (SSSR count). The predicted octanol–water partition coefficient (Wildman–Crippen LogP) is 3.13. The summed E-state index contributed by atoms with van der Waals surface area (Å²) < 4.78 is 25.6. The smallest absolute Gasteiger partial charge is 0.302 e. The topological polar surface area (TPSA) is 80.3 Å². The van der Waals surface area contributed by atoms with E-state index in [2.05, 4.69) is 6.92 Å². The second-order valence-corrected chi connectivity index (χ2v) is 6.69. The fourth-order valence-corrected chi connectivity index (χ4v) is 1.60. The third-order valence-corrected chi connectivity index (χ3v) is 3.25. The molecule has 0 radical (unpaired) electrons. The molecule has 0 aliphatic rings. The van der Waals surface area contributed by atoms with Crippen molar-refractivity contribution >= 4 is 11.9 Å². The molecule has 2 unspecified atom stereocenters. The normalized spacial score (nSPS) is 13.2. The molecule has 0 aromatic heterocycles. The SMILES string of the molecule is CCCOCC(C)OCC(C)OC(C)=O.COC(C)(C)CCOC(C)=O. The fourth-order valence-electron chi connectivity index (χ4n) is 1.60. The van der Waals surface area contributed by atoms with E-state index in [1.807, 2.05) is 20.8 Å². The van der Waals surface area contributed by atoms with Crippen molar-refractivity contribution in [2.75, 3.05) is 33.5 Å². The number of esters is 2. The summed E-state index contributed by atoms with van der Waals surface area (Å²) in [5.41, 5.74) is -0.199. The number of hydrogen-bond donors (Lipinski definition) is 0. The molecule has 0 aromatic rings. The van der Waals surface area contributed by atoms with E-state index in [0.717, 1.165) is 19.4 Å². The van der Waals surface area contributed by atoms with Crippen LogP contribution in [0.15, 0.2) is 0 Å². The Kier molecular flexibility index (Phi) is 16.7. The lowest BCUT2D eigenvalue weighted by molar-refractivity contribution is -0.150. The number of hydrogen-bond acceptors (Lipinski definition) is 7. The Labute approximate surface area is 158 Å². The van der Waals surface area contributed by atoms with Crippen LogP contribution in [0.1, 0.15) is 61.3 Å². The number of carbonyl (C=O) groups is 2. The fraction of sp³-hybridized carbons (Fsp3) is 0.895. The summed E-state index contributed by atoms with van der Waals surface area (Å²) in [4.78, 5) is 21.0. The zero-order chi connectivity index (χ0) is 20.6. The van der Waals surface area contributed by atoms with Gasteiger partial charge in [-0.15, -0.1) is 0 Å². The van der Waals surface area contributed by atoms with Crippen molar-refractivity contribution in [2.45, 2.75) is 79.1 Å². The summed E-state index contributed by atoms with van der Waals surface area (Å²) in [5.74, 6) is -0.516. The van der Waals surface area contributed by atoms with Gasteiger partial charge < -0.3 is 23.7 Å². The van der Waals surface area contributed by atoms with Gasteiger partial charge in [0.2, 0.25) is 0 Å². The molecule has 7 heteroatoms. The maximum absolute atomic E-state index is 10.6. The molecule has 0 saturated heterocycles. The Bertz CT molecular complexity index is 369. The van der Waals surface area contributed by atoms with E-state index >= 15 is 0 Å². The molecule has 2 atom stereocenters. The van der Waals surface area contributed by atoms with Gasteiger partial charge >= 0.3 is 11.9 Å². The van der Waals surface area contributed by atoms with Crippen LogP contribution < -0.4 is 0 Å². The average molecular weight is 379 g/mol. The molecule has 0 spiro atoms. The van der Waals surface area contributed by atoms with E-state index in [1.54, 1.807) is 14.0 Å². The van der Waals surface area contributed by atoms with Gasteiger partial charge in [0, 0.05) is 34.0 Å².